The molecule has 1 aromatic heterocycles. The summed E-state index contributed by atoms with van der Waals surface area (Å²) < 4.78 is 56.2. The van der Waals surface area contributed by atoms with Crippen molar-refractivity contribution in [3.8, 4) is 5.88 Å². The van der Waals surface area contributed by atoms with Crippen LogP contribution >= 0.6 is 11.8 Å². The first-order valence-electron chi connectivity index (χ1n) is 9.17. The second-order valence-electron chi connectivity index (χ2n) is 6.78. The number of pyridine rings is 1. The molecule has 0 bridgehead atoms. The molecule has 2 aromatic rings. The first-order chi connectivity index (χ1) is 13.8. The number of hydrogen-bond acceptors (Lipinski definition) is 4. The van der Waals surface area contributed by atoms with Gasteiger partial charge in [0.05, 0.1) is 11.3 Å². The average Bonchev–Trinajstić information content (AvgIpc) is 2.69. The van der Waals surface area contributed by atoms with Crippen LogP contribution < -0.4 is 10.1 Å². The SMILES string of the molecule is O=C(CSc1ccc(F)cc1)NC1CCC(Oc2ccc(C(F)(F)F)cn2)CC1. The summed E-state index contributed by atoms with van der Waals surface area (Å²) in [5.74, 6) is 0.0101. The topological polar surface area (TPSA) is 51.2 Å². The van der Waals surface area contributed by atoms with E-state index in [9.17, 15) is 22.4 Å². The zero-order valence-electron chi connectivity index (χ0n) is 15.4. The van der Waals surface area contributed by atoms with E-state index in [2.05, 4.69) is 10.3 Å². The molecule has 1 N–H and O–H groups in total. The summed E-state index contributed by atoms with van der Waals surface area (Å²) in [6, 6.07) is 8.18. The van der Waals surface area contributed by atoms with Crippen LogP contribution in [0.15, 0.2) is 47.5 Å². The Hall–Kier alpha value is -2.29. The molecule has 0 atom stereocenters. The second kappa shape index (κ2) is 9.47. The van der Waals surface area contributed by atoms with E-state index in [1.54, 1.807) is 12.1 Å². The number of carbonyl (C=O) groups excluding carboxylic acids is 1. The van der Waals surface area contributed by atoms with Gasteiger partial charge in [0.2, 0.25) is 11.8 Å². The first kappa shape index (κ1) is 21.4. The van der Waals surface area contributed by atoms with Gasteiger partial charge in [-0.15, -0.1) is 11.8 Å². The van der Waals surface area contributed by atoms with Crippen LogP contribution in [-0.2, 0) is 11.0 Å². The van der Waals surface area contributed by atoms with E-state index in [-0.39, 0.29) is 35.5 Å². The van der Waals surface area contributed by atoms with Gasteiger partial charge in [0.1, 0.15) is 11.9 Å². The molecule has 1 aliphatic rings. The van der Waals surface area contributed by atoms with Gasteiger partial charge in [0, 0.05) is 23.2 Å². The largest absolute Gasteiger partial charge is 0.474 e. The highest BCUT2D eigenvalue weighted by Gasteiger charge is 2.31. The van der Waals surface area contributed by atoms with Crippen LogP contribution in [0.5, 0.6) is 5.88 Å². The van der Waals surface area contributed by atoms with Gasteiger partial charge in [0.15, 0.2) is 0 Å². The van der Waals surface area contributed by atoms with Gasteiger partial charge in [-0.25, -0.2) is 9.37 Å². The standard InChI is InChI=1S/C20H20F4N2O2S/c21-14-2-8-17(9-3-14)29-12-18(27)26-15-4-6-16(7-5-15)28-19-10-1-13(11-25-19)20(22,23)24/h1-3,8-11,15-16H,4-7,12H2,(H,26,27). The number of ether oxygens (including phenoxy) is 1. The number of aromatic nitrogens is 1. The Balaban J connectivity index is 1.38. The van der Waals surface area contributed by atoms with Crippen LogP contribution in [0.4, 0.5) is 17.6 Å². The fourth-order valence-electron chi connectivity index (χ4n) is 3.06. The van der Waals surface area contributed by atoms with E-state index < -0.39 is 11.7 Å². The van der Waals surface area contributed by atoms with Crippen molar-refractivity contribution < 1.29 is 27.1 Å². The summed E-state index contributed by atoms with van der Waals surface area (Å²) in [5, 5.41) is 2.98. The highest BCUT2D eigenvalue weighted by atomic mass is 32.2. The monoisotopic (exact) mass is 428 g/mol. The highest BCUT2D eigenvalue weighted by Crippen LogP contribution is 2.30. The predicted octanol–water partition coefficient (Wildman–Crippen LogP) is 4.84. The zero-order chi connectivity index (χ0) is 20.9. The average molecular weight is 428 g/mol. The number of carbonyl (C=O) groups is 1. The van der Waals surface area contributed by atoms with Crippen molar-refractivity contribution in [2.45, 2.75) is 48.9 Å². The summed E-state index contributed by atoms with van der Waals surface area (Å²) in [5.41, 5.74) is -0.810. The molecule has 1 aromatic carbocycles. The van der Waals surface area contributed by atoms with E-state index in [4.69, 9.17) is 4.74 Å². The molecule has 4 nitrogen and oxygen atoms in total. The van der Waals surface area contributed by atoms with Gasteiger partial charge in [-0.2, -0.15) is 13.2 Å². The van der Waals surface area contributed by atoms with Crippen LogP contribution in [0.2, 0.25) is 0 Å². The molecule has 156 valence electrons. The Kier molecular flexibility index (Phi) is 7.00. The van der Waals surface area contributed by atoms with E-state index in [1.165, 1.54) is 30.0 Å². The number of halogens is 4. The number of nitrogens with one attached hydrogen (secondary N) is 1. The number of nitrogens with zero attached hydrogens (tertiary/aromatic N) is 1. The molecule has 3 rings (SSSR count). The smallest absolute Gasteiger partial charge is 0.417 e. The molecule has 1 heterocycles. The van der Waals surface area contributed by atoms with Gasteiger partial charge < -0.3 is 10.1 Å². The predicted molar refractivity (Wildman–Crippen MR) is 101 cm³/mol. The summed E-state index contributed by atoms with van der Waals surface area (Å²) in [6.45, 7) is 0. The molecule has 0 saturated heterocycles. The number of amides is 1. The molecular formula is C20H20F4N2O2S. The highest BCUT2D eigenvalue weighted by molar-refractivity contribution is 8.00. The van der Waals surface area contributed by atoms with Crippen molar-refractivity contribution in [1.82, 2.24) is 10.3 Å². The minimum atomic E-state index is -4.42. The van der Waals surface area contributed by atoms with Gasteiger partial charge >= 0.3 is 6.18 Å². The first-order valence-corrected chi connectivity index (χ1v) is 10.2. The molecule has 0 radical (unpaired) electrons. The number of thioether (sulfide) groups is 1. The van der Waals surface area contributed by atoms with E-state index in [0.29, 0.717) is 12.8 Å². The lowest BCUT2D eigenvalue weighted by Gasteiger charge is -2.29. The Morgan fingerprint density at radius 3 is 2.38 bits per heavy atom. The number of rotatable bonds is 6. The lowest BCUT2D eigenvalue weighted by molar-refractivity contribution is -0.137. The van der Waals surface area contributed by atoms with Crippen molar-refractivity contribution in [2.75, 3.05) is 5.75 Å². The molecule has 1 amide bonds. The fourth-order valence-corrected chi connectivity index (χ4v) is 3.77. The molecule has 0 spiro atoms. The molecule has 1 saturated carbocycles. The van der Waals surface area contributed by atoms with Crippen LogP contribution in [0, 0.1) is 5.82 Å². The van der Waals surface area contributed by atoms with Crippen LogP contribution in [-0.4, -0.2) is 28.8 Å². The Morgan fingerprint density at radius 1 is 1.10 bits per heavy atom. The summed E-state index contributed by atoms with van der Waals surface area (Å²) in [6.07, 6.45) is -0.994. The molecule has 29 heavy (non-hydrogen) atoms. The van der Waals surface area contributed by atoms with Crippen LogP contribution in [0.3, 0.4) is 0 Å². The molecule has 0 aliphatic heterocycles. The van der Waals surface area contributed by atoms with Gasteiger partial charge in [-0.3, -0.25) is 4.79 Å². The summed E-state index contributed by atoms with van der Waals surface area (Å²) in [4.78, 5) is 16.6. The third-order valence-corrected chi connectivity index (χ3v) is 5.59. The number of hydrogen-bond donors (Lipinski definition) is 1. The normalized spacial score (nSPS) is 19.6. The third kappa shape index (κ3) is 6.62. The number of alkyl halides is 3. The maximum atomic E-state index is 12.9. The van der Waals surface area contributed by atoms with Gasteiger partial charge in [-0.1, -0.05) is 0 Å². The van der Waals surface area contributed by atoms with E-state index in [0.717, 1.165) is 30.0 Å². The molecule has 1 aliphatic carbocycles. The maximum Gasteiger partial charge on any atom is 0.417 e. The molecular weight excluding hydrogens is 408 g/mol. The van der Waals surface area contributed by atoms with Crippen molar-refractivity contribution in [2.24, 2.45) is 0 Å². The van der Waals surface area contributed by atoms with Crippen molar-refractivity contribution in [3.05, 3.63) is 54.0 Å². The van der Waals surface area contributed by atoms with Crippen molar-refractivity contribution >= 4 is 17.7 Å². The molecule has 1 fully saturated rings. The fraction of sp³-hybridized carbons (Fsp3) is 0.400. The van der Waals surface area contributed by atoms with Crippen LogP contribution in [0.1, 0.15) is 31.2 Å². The summed E-state index contributed by atoms with van der Waals surface area (Å²) in [7, 11) is 0. The Bertz CT molecular complexity index is 805. The third-order valence-electron chi connectivity index (χ3n) is 4.57. The number of benzene rings is 1. The van der Waals surface area contributed by atoms with Crippen molar-refractivity contribution in [1.29, 1.82) is 0 Å². The molecule has 9 heteroatoms. The van der Waals surface area contributed by atoms with Gasteiger partial charge in [-0.05, 0) is 56.0 Å². The Morgan fingerprint density at radius 2 is 1.79 bits per heavy atom. The minimum absolute atomic E-state index is 0.0386. The Labute approximate surface area is 170 Å². The van der Waals surface area contributed by atoms with E-state index >= 15 is 0 Å². The second-order valence-corrected chi connectivity index (χ2v) is 7.83. The van der Waals surface area contributed by atoms with E-state index in [1.807, 2.05) is 0 Å². The minimum Gasteiger partial charge on any atom is -0.474 e. The molecule has 0 unspecified atom stereocenters. The summed E-state index contributed by atoms with van der Waals surface area (Å²) >= 11 is 1.34. The zero-order valence-corrected chi connectivity index (χ0v) is 16.2. The lowest BCUT2D eigenvalue weighted by Crippen LogP contribution is -2.40. The van der Waals surface area contributed by atoms with Crippen molar-refractivity contribution in [3.63, 3.8) is 0 Å². The maximum absolute atomic E-state index is 12.9. The van der Waals surface area contributed by atoms with Crippen LogP contribution in [0.25, 0.3) is 0 Å². The quantitative estimate of drug-likeness (QED) is 0.529. The van der Waals surface area contributed by atoms with Gasteiger partial charge in [0.25, 0.3) is 0 Å². The lowest BCUT2D eigenvalue weighted by atomic mass is 9.93.